The zero-order valence-electron chi connectivity index (χ0n) is 12.6. The van der Waals surface area contributed by atoms with Crippen molar-refractivity contribution in [1.29, 1.82) is 0 Å². The Hall–Kier alpha value is -0.0800. The Kier molecular flexibility index (Phi) is 3.58. The van der Waals surface area contributed by atoms with Gasteiger partial charge in [0.15, 0.2) is 6.29 Å². The molecule has 2 heteroatoms. The lowest BCUT2D eigenvalue weighted by molar-refractivity contribution is -0.118. The Morgan fingerprint density at radius 2 is 1.25 bits per heavy atom. The summed E-state index contributed by atoms with van der Waals surface area (Å²) in [7, 11) is 0. The number of fused-ring (bicyclic) bond motifs is 5. The van der Waals surface area contributed by atoms with Crippen LogP contribution in [0.4, 0.5) is 0 Å². The number of hydrogen-bond acceptors (Lipinski definition) is 2. The SMILES string of the molecule is OC(O)C1CC[C@H]2C(CC[C@H]3[C@@H]4CCC[C@@H]4CC[C@@H]32)C1. The molecule has 0 radical (unpaired) electrons. The van der Waals surface area contributed by atoms with Gasteiger partial charge in [0.1, 0.15) is 0 Å². The first-order valence-corrected chi connectivity index (χ1v) is 9.10. The fraction of sp³-hybridized carbons (Fsp3) is 1.00. The molecule has 0 spiro atoms. The molecular weight excluding hydrogens is 248 g/mol. The molecule has 0 amide bonds. The van der Waals surface area contributed by atoms with Gasteiger partial charge in [-0.2, -0.15) is 0 Å². The van der Waals surface area contributed by atoms with Gasteiger partial charge >= 0.3 is 0 Å². The van der Waals surface area contributed by atoms with Gasteiger partial charge in [0, 0.05) is 5.92 Å². The molecule has 4 saturated carbocycles. The topological polar surface area (TPSA) is 40.5 Å². The van der Waals surface area contributed by atoms with Crippen molar-refractivity contribution in [3.63, 3.8) is 0 Å². The highest BCUT2D eigenvalue weighted by molar-refractivity contribution is 4.99. The number of aliphatic hydroxyl groups is 2. The highest BCUT2D eigenvalue weighted by Crippen LogP contribution is 2.58. The highest BCUT2D eigenvalue weighted by atomic mass is 16.5. The summed E-state index contributed by atoms with van der Waals surface area (Å²) in [6.45, 7) is 0. The summed E-state index contributed by atoms with van der Waals surface area (Å²) in [6, 6.07) is 0. The molecule has 4 aliphatic rings. The van der Waals surface area contributed by atoms with Crippen molar-refractivity contribution < 1.29 is 10.2 Å². The van der Waals surface area contributed by atoms with Crippen LogP contribution in [0, 0.1) is 41.4 Å². The maximum atomic E-state index is 9.48. The van der Waals surface area contributed by atoms with Crippen LogP contribution in [0.3, 0.4) is 0 Å². The third-order valence-electron chi connectivity index (χ3n) is 7.61. The number of rotatable bonds is 1. The predicted octanol–water partition coefficient (Wildman–Crippen LogP) is 3.57. The summed E-state index contributed by atoms with van der Waals surface area (Å²) in [5, 5.41) is 19.0. The van der Waals surface area contributed by atoms with Gasteiger partial charge in [-0.25, -0.2) is 0 Å². The number of hydrogen-bond donors (Lipinski definition) is 2. The van der Waals surface area contributed by atoms with Crippen LogP contribution in [0.5, 0.6) is 0 Å². The molecule has 0 bridgehead atoms. The maximum Gasteiger partial charge on any atom is 0.154 e. The van der Waals surface area contributed by atoms with Crippen molar-refractivity contribution in [2.45, 2.75) is 70.5 Å². The Bertz CT molecular complexity index is 353. The molecule has 2 nitrogen and oxygen atoms in total. The minimum Gasteiger partial charge on any atom is -0.368 e. The molecule has 7 atom stereocenters. The van der Waals surface area contributed by atoms with Crippen LogP contribution in [0.25, 0.3) is 0 Å². The zero-order chi connectivity index (χ0) is 13.7. The van der Waals surface area contributed by atoms with Crippen molar-refractivity contribution in [2.75, 3.05) is 0 Å². The summed E-state index contributed by atoms with van der Waals surface area (Å²) in [5.74, 6) is 6.05. The van der Waals surface area contributed by atoms with Crippen LogP contribution in [0.1, 0.15) is 64.2 Å². The quantitative estimate of drug-likeness (QED) is 0.720. The van der Waals surface area contributed by atoms with Crippen molar-refractivity contribution in [3.8, 4) is 0 Å². The monoisotopic (exact) mass is 278 g/mol. The van der Waals surface area contributed by atoms with E-state index < -0.39 is 6.29 Å². The smallest absolute Gasteiger partial charge is 0.154 e. The Morgan fingerprint density at radius 3 is 2.00 bits per heavy atom. The average Bonchev–Trinajstić information content (AvgIpc) is 2.94. The molecule has 0 aromatic rings. The summed E-state index contributed by atoms with van der Waals surface area (Å²) >= 11 is 0. The molecule has 4 fully saturated rings. The minimum absolute atomic E-state index is 0.163. The fourth-order valence-corrected chi connectivity index (χ4v) is 6.78. The van der Waals surface area contributed by atoms with Crippen LogP contribution < -0.4 is 0 Å². The number of aliphatic hydroxyl groups excluding tert-OH is 1. The zero-order valence-corrected chi connectivity index (χ0v) is 12.6. The summed E-state index contributed by atoms with van der Waals surface area (Å²) in [4.78, 5) is 0. The first-order chi connectivity index (χ1) is 9.74. The van der Waals surface area contributed by atoms with E-state index in [1.807, 2.05) is 0 Å². The van der Waals surface area contributed by atoms with Crippen molar-refractivity contribution in [1.82, 2.24) is 0 Å². The van der Waals surface area contributed by atoms with Gasteiger partial charge in [0.25, 0.3) is 0 Å². The van der Waals surface area contributed by atoms with Gasteiger partial charge in [-0.3, -0.25) is 0 Å². The van der Waals surface area contributed by atoms with E-state index in [0.29, 0.717) is 0 Å². The van der Waals surface area contributed by atoms with E-state index in [-0.39, 0.29) is 5.92 Å². The van der Waals surface area contributed by atoms with Crippen LogP contribution >= 0.6 is 0 Å². The predicted molar refractivity (Wildman–Crippen MR) is 78.8 cm³/mol. The molecule has 2 unspecified atom stereocenters. The van der Waals surface area contributed by atoms with E-state index in [4.69, 9.17) is 0 Å². The van der Waals surface area contributed by atoms with Gasteiger partial charge in [-0.1, -0.05) is 12.8 Å². The van der Waals surface area contributed by atoms with Gasteiger partial charge in [0.05, 0.1) is 0 Å². The second kappa shape index (κ2) is 5.28. The lowest BCUT2D eigenvalue weighted by atomic mass is 9.53. The van der Waals surface area contributed by atoms with Gasteiger partial charge < -0.3 is 10.2 Å². The van der Waals surface area contributed by atoms with Crippen molar-refractivity contribution in [2.24, 2.45) is 41.4 Å². The van der Waals surface area contributed by atoms with Crippen molar-refractivity contribution >= 4 is 0 Å². The lowest BCUT2D eigenvalue weighted by Crippen LogP contribution is -2.45. The normalized spacial score (nSPS) is 51.5. The molecule has 4 aliphatic carbocycles. The highest BCUT2D eigenvalue weighted by Gasteiger charge is 2.49. The molecule has 0 heterocycles. The minimum atomic E-state index is -1.07. The van der Waals surface area contributed by atoms with E-state index in [9.17, 15) is 10.2 Å². The Labute approximate surface area is 123 Å². The first kappa shape index (κ1) is 13.6. The molecule has 0 saturated heterocycles. The third-order valence-corrected chi connectivity index (χ3v) is 7.61. The molecule has 114 valence electrons. The lowest BCUT2D eigenvalue weighted by Gasteiger charge is -2.53. The van der Waals surface area contributed by atoms with Crippen LogP contribution in [-0.2, 0) is 0 Å². The summed E-state index contributed by atoms with van der Waals surface area (Å²) < 4.78 is 0. The first-order valence-electron chi connectivity index (χ1n) is 9.10. The molecule has 0 aromatic heterocycles. The third kappa shape index (κ3) is 2.14. The van der Waals surface area contributed by atoms with Crippen LogP contribution in [0.2, 0.25) is 0 Å². The van der Waals surface area contributed by atoms with E-state index in [0.717, 1.165) is 48.3 Å². The average molecular weight is 278 g/mol. The second-order valence-corrected chi connectivity index (χ2v) is 8.25. The Morgan fingerprint density at radius 1 is 0.600 bits per heavy atom. The van der Waals surface area contributed by atoms with Crippen LogP contribution in [0.15, 0.2) is 0 Å². The maximum absolute atomic E-state index is 9.48. The molecule has 4 rings (SSSR count). The summed E-state index contributed by atoms with van der Waals surface area (Å²) in [5.41, 5.74) is 0. The fourth-order valence-electron chi connectivity index (χ4n) is 6.78. The standard InChI is InChI=1S/C18H30O2/c19-18(20)13-6-7-15-12(10-13)5-9-16-14-3-1-2-11(14)4-8-17(15)16/h11-20H,1-10H2/t11-,12?,13?,14-,15+,16+,17-/m1/s1. The molecule has 2 N–H and O–H groups in total. The van der Waals surface area contributed by atoms with Crippen molar-refractivity contribution in [3.05, 3.63) is 0 Å². The van der Waals surface area contributed by atoms with Gasteiger partial charge in [0.2, 0.25) is 0 Å². The second-order valence-electron chi connectivity index (χ2n) is 8.25. The largest absolute Gasteiger partial charge is 0.368 e. The van der Waals surface area contributed by atoms with Gasteiger partial charge in [-0.15, -0.1) is 0 Å². The van der Waals surface area contributed by atoms with Crippen LogP contribution in [-0.4, -0.2) is 16.5 Å². The van der Waals surface area contributed by atoms with E-state index >= 15 is 0 Å². The Balaban J connectivity index is 1.48. The van der Waals surface area contributed by atoms with E-state index in [1.54, 1.807) is 0 Å². The van der Waals surface area contributed by atoms with E-state index in [1.165, 1.54) is 51.4 Å². The van der Waals surface area contributed by atoms with E-state index in [2.05, 4.69) is 0 Å². The molecule has 0 aromatic carbocycles. The molecular formula is C18H30O2. The molecule has 20 heavy (non-hydrogen) atoms. The summed E-state index contributed by atoms with van der Waals surface area (Å²) in [6.07, 6.45) is 12.7. The van der Waals surface area contributed by atoms with Gasteiger partial charge in [-0.05, 0) is 86.9 Å². The molecule has 0 aliphatic heterocycles.